The molecule has 0 aliphatic carbocycles. The maximum absolute atomic E-state index is 12.3. The number of hydrogen-bond acceptors (Lipinski definition) is 5. The van der Waals surface area contributed by atoms with E-state index in [0.717, 1.165) is 12.8 Å². The van der Waals surface area contributed by atoms with Gasteiger partial charge < -0.3 is 19.5 Å². The molecule has 2 aromatic carbocycles. The van der Waals surface area contributed by atoms with Gasteiger partial charge in [0, 0.05) is 6.04 Å². The monoisotopic (exact) mass is 407 g/mol. The first kappa shape index (κ1) is 22.1. The molecular formula is C21H23F2NO5. The molecule has 6 nitrogen and oxygen atoms in total. The summed E-state index contributed by atoms with van der Waals surface area (Å²) in [6.07, 6.45) is 1.56. The first-order chi connectivity index (χ1) is 13.9. The van der Waals surface area contributed by atoms with Crippen LogP contribution in [0.4, 0.5) is 8.78 Å². The summed E-state index contributed by atoms with van der Waals surface area (Å²) in [6, 6.07) is 13.4. The van der Waals surface area contributed by atoms with Gasteiger partial charge in [0.15, 0.2) is 18.1 Å². The Morgan fingerprint density at radius 3 is 2.45 bits per heavy atom. The fourth-order valence-corrected chi connectivity index (χ4v) is 2.62. The number of halogens is 2. The van der Waals surface area contributed by atoms with E-state index in [1.807, 2.05) is 37.3 Å². The molecule has 0 fully saturated rings. The average molecular weight is 407 g/mol. The topological polar surface area (TPSA) is 73.9 Å². The van der Waals surface area contributed by atoms with E-state index in [9.17, 15) is 18.4 Å². The number of alkyl halides is 2. The largest absolute Gasteiger partial charge is 0.493 e. The zero-order chi connectivity index (χ0) is 21.2. The summed E-state index contributed by atoms with van der Waals surface area (Å²) in [5.74, 6) is -1.45. The Balaban J connectivity index is 1.81. The second-order valence-electron chi connectivity index (χ2n) is 6.31. The van der Waals surface area contributed by atoms with Crippen LogP contribution in [-0.2, 0) is 16.0 Å². The quantitative estimate of drug-likeness (QED) is 0.610. The molecule has 2 rings (SSSR count). The minimum atomic E-state index is -3.02. The predicted molar refractivity (Wildman–Crippen MR) is 102 cm³/mol. The SMILES string of the molecule is COc1cc(C(=O)OCC(=O)N[C@H](C)CCc2ccccc2)ccc1OC(F)F. The second kappa shape index (κ2) is 11.0. The summed E-state index contributed by atoms with van der Waals surface area (Å²) < 4.78 is 38.9. The fraction of sp³-hybridized carbons (Fsp3) is 0.333. The van der Waals surface area contributed by atoms with Crippen LogP contribution in [0.5, 0.6) is 11.5 Å². The van der Waals surface area contributed by atoms with E-state index in [4.69, 9.17) is 9.47 Å². The van der Waals surface area contributed by atoms with Gasteiger partial charge in [-0.1, -0.05) is 30.3 Å². The van der Waals surface area contributed by atoms with E-state index >= 15 is 0 Å². The van der Waals surface area contributed by atoms with Crippen molar-refractivity contribution in [1.82, 2.24) is 5.32 Å². The van der Waals surface area contributed by atoms with Crippen LogP contribution < -0.4 is 14.8 Å². The normalized spacial score (nSPS) is 11.6. The van der Waals surface area contributed by atoms with Crippen molar-refractivity contribution in [3.63, 3.8) is 0 Å². The third-order valence-corrected chi connectivity index (χ3v) is 4.07. The van der Waals surface area contributed by atoms with Gasteiger partial charge in [-0.2, -0.15) is 8.78 Å². The summed E-state index contributed by atoms with van der Waals surface area (Å²) in [4.78, 5) is 24.1. The molecule has 0 bridgehead atoms. The summed E-state index contributed by atoms with van der Waals surface area (Å²) in [5, 5.41) is 2.77. The number of methoxy groups -OCH3 is 1. The highest BCUT2D eigenvalue weighted by Crippen LogP contribution is 2.29. The van der Waals surface area contributed by atoms with E-state index in [1.165, 1.54) is 30.9 Å². The molecule has 1 N–H and O–H groups in total. The Morgan fingerprint density at radius 2 is 1.79 bits per heavy atom. The Kier molecular flexibility index (Phi) is 8.39. The van der Waals surface area contributed by atoms with Crippen LogP contribution in [0.2, 0.25) is 0 Å². The standard InChI is InChI=1S/C21H23F2NO5/c1-14(8-9-15-6-4-3-5-7-15)24-19(25)13-28-20(26)16-10-11-17(29-21(22)23)18(12-16)27-2/h3-7,10-12,14,21H,8-9,13H2,1-2H3,(H,24,25)/t14-/m1/s1. The average Bonchev–Trinajstić information content (AvgIpc) is 2.71. The summed E-state index contributed by atoms with van der Waals surface area (Å²) in [5.41, 5.74) is 1.22. The van der Waals surface area contributed by atoms with Crippen molar-refractivity contribution in [3.05, 3.63) is 59.7 Å². The number of aryl methyl sites for hydroxylation is 1. The van der Waals surface area contributed by atoms with Crippen molar-refractivity contribution in [2.75, 3.05) is 13.7 Å². The maximum Gasteiger partial charge on any atom is 0.387 e. The molecule has 0 saturated carbocycles. The molecule has 0 aromatic heterocycles. The molecule has 29 heavy (non-hydrogen) atoms. The number of nitrogens with one attached hydrogen (secondary N) is 1. The fourth-order valence-electron chi connectivity index (χ4n) is 2.62. The summed E-state index contributed by atoms with van der Waals surface area (Å²) in [6.45, 7) is -1.60. The van der Waals surface area contributed by atoms with Crippen molar-refractivity contribution >= 4 is 11.9 Å². The first-order valence-electron chi connectivity index (χ1n) is 9.02. The Morgan fingerprint density at radius 1 is 1.07 bits per heavy atom. The van der Waals surface area contributed by atoms with E-state index < -0.39 is 25.1 Å². The van der Waals surface area contributed by atoms with Gasteiger partial charge in [-0.15, -0.1) is 0 Å². The molecule has 8 heteroatoms. The third-order valence-electron chi connectivity index (χ3n) is 4.07. The Hall–Kier alpha value is -3.16. The van der Waals surface area contributed by atoms with Gasteiger partial charge in [-0.3, -0.25) is 4.79 Å². The Bertz CT molecular complexity index is 814. The van der Waals surface area contributed by atoms with Gasteiger partial charge in [-0.25, -0.2) is 4.79 Å². The van der Waals surface area contributed by atoms with Crippen molar-refractivity contribution < 1.29 is 32.6 Å². The number of carbonyl (C=O) groups excluding carboxylic acids is 2. The lowest BCUT2D eigenvalue weighted by atomic mass is 10.1. The van der Waals surface area contributed by atoms with Crippen molar-refractivity contribution in [2.45, 2.75) is 32.4 Å². The van der Waals surface area contributed by atoms with Crippen LogP contribution >= 0.6 is 0 Å². The van der Waals surface area contributed by atoms with E-state index in [0.29, 0.717) is 0 Å². The molecule has 2 aromatic rings. The lowest BCUT2D eigenvalue weighted by Crippen LogP contribution is -2.36. The molecule has 0 aliphatic rings. The number of amides is 1. The van der Waals surface area contributed by atoms with Crippen LogP contribution in [0.3, 0.4) is 0 Å². The van der Waals surface area contributed by atoms with Crippen LogP contribution in [0.25, 0.3) is 0 Å². The number of rotatable bonds is 10. The molecule has 1 amide bonds. The minimum Gasteiger partial charge on any atom is -0.493 e. The molecule has 0 radical (unpaired) electrons. The first-order valence-corrected chi connectivity index (χ1v) is 9.02. The van der Waals surface area contributed by atoms with Crippen molar-refractivity contribution in [2.24, 2.45) is 0 Å². The maximum atomic E-state index is 12.3. The van der Waals surface area contributed by atoms with Gasteiger partial charge in [0.25, 0.3) is 5.91 Å². The van der Waals surface area contributed by atoms with E-state index in [1.54, 1.807) is 0 Å². The van der Waals surface area contributed by atoms with E-state index in [-0.39, 0.29) is 23.1 Å². The summed E-state index contributed by atoms with van der Waals surface area (Å²) >= 11 is 0. The molecule has 0 aliphatic heterocycles. The Labute approximate surface area is 167 Å². The smallest absolute Gasteiger partial charge is 0.387 e. The van der Waals surface area contributed by atoms with Crippen LogP contribution in [0.1, 0.15) is 29.3 Å². The van der Waals surface area contributed by atoms with Crippen LogP contribution in [-0.4, -0.2) is 38.2 Å². The number of esters is 1. The van der Waals surface area contributed by atoms with Gasteiger partial charge >= 0.3 is 12.6 Å². The number of carbonyl (C=O) groups is 2. The van der Waals surface area contributed by atoms with Gasteiger partial charge in [-0.05, 0) is 43.5 Å². The zero-order valence-corrected chi connectivity index (χ0v) is 16.2. The zero-order valence-electron chi connectivity index (χ0n) is 16.2. The third kappa shape index (κ3) is 7.40. The van der Waals surface area contributed by atoms with Crippen molar-refractivity contribution in [1.29, 1.82) is 0 Å². The molecule has 1 atom stereocenters. The van der Waals surface area contributed by atoms with Gasteiger partial charge in [0.1, 0.15) is 0 Å². The highest BCUT2D eigenvalue weighted by Gasteiger charge is 2.16. The molecule has 0 heterocycles. The number of ether oxygens (including phenoxy) is 3. The van der Waals surface area contributed by atoms with Crippen LogP contribution in [0.15, 0.2) is 48.5 Å². The van der Waals surface area contributed by atoms with Crippen molar-refractivity contribution in [3.8, 4) is 11.5 Å². The molecule has 0 spiro atoms. The highest BCUT2D eigenvalue weighted by atomic mass is 19.3. The lowest BCUT2D eigenvalue weighted by Gasteiger charge is -2.14. The molecule has 0 unspecified atom stereocenters. The predicted octanol–water partition coefficient (Wildman–Crippen LogP) is 3.59. The summed E-state index contributed by atoms with van der Waals surface area (Å²) in [7, 11) is 1.26. The molecule has 0 saturated heterocycles. The number of hydrogen-bond donors (Lipinski definition) is 1. The van der Waals surface area contributed by atoms with E-state index in [2.05, 4.69) is 10.1 Å². The van der Waals surface area contributed by atoms with Gasteiger partial charge in [0.2, 0.25) is 0 Å². The second-order valence-corrected chi connectivity index (χ2v) is 6.31. The van der Waals surface area contributed by atoms with Crippen LogP contribution in [0, 0.1) is 0 Å². The minimum absolute atomic E-state index is 0.0428. The number of benzene rings is 2. The lowest BCUT2D eigenvalue weighted by molar-refractivity contribution is -0.124. The highest BCUT2D eigenvalue weighted by molar-refractivity contribution is 5.92. The van der Waals surface area contributed by atoms with Gasteiger partial charge in [0.05, 0.1) is 12.7 Å². The molecule has 156 valence electrons. The molecular weight excluding hydrogens is 384 g/mol.